The summed E-state index contributed by atoms with van der Waals surface area (Å²) in [5, 5.41) is 13.2. The van der Waals surface area contributed by atoms with E-state index in [1.807, 2.05) is 4.40 Å². The quantitative estimate of drug-likeness (QED) is 0.491. The van der Waals surface area contributed by atoms with Crippen LogP contribution in [-0.4, -0.2) is 31.2 Å². The standard InChI is InChI=1S/C20H18FN5OS2/c1-11-2-7-14-15(8-11)29-19-17(14)18-24-25-20(26(18)10-22-19)28-9-16(27)23-13-5-3-12(21)4-6-13/h3-6,10-11H,2,7-9H2,1H3,(H,23,27). The molecule has 0 radical (unpaired) electrons. The fourth-order valence-corrected chi connectivity index (χ4v) is 5.73. The normalized spacial score (nSPS) is 16.3. The Morgan fingerprint density at radius 3 is 3.00 bits per heavy atom. The van der Waals surface area contributed by atoms with E-state index in [0.29, 0.717) is 16.8 Å². The number of aryl methyl sites for hydroxylation is 1. The maximum absolute atomic E-state index is 13.0. The molecule has 0 saturated carbocycles. The number of rotatable bonds is 4. The van der Waals surface area contributed by atoms with Crippen molar-refractivity contribution in [3.05, 3.63) is 46.9 Å². The van der Waals surface area contributed by atoms with Gasteiger partial charge in [-0.15, -0.1) is 21.5 Å². The van der Waals surface area contributed by atoms with E-state index in [1.165, 1.54) is 52.9 Å². The van der Waals surface area contributed by atoms with Gasteiger partial charge in [-0.3, -0.25) is 9.20 Å². The molecule has 1 unspecified atom stereocenters. The van der Waals surface area contributed by atoms with E-state index in [0.717, 1.165) is 28.7 Å². The summed E-state index contributed by atoms with van der Waals surface area (Å²) in [5.41, 5.74) is 2.73. The van der Waals surface area contributed by atoms with Crippen molar-refractivity contribution < 1.29 is 9.18 Å². The van der Waals surface area contributed by atoms with Crippen LogP contribution in [0.3, 0.4) is 0 Å². The third-order valence-electron chi connectivity index (χ3n) is 5.13. The molecule has 3 aromatic heterocycles. The molecule has 0 fully saturated rings. The second-order valence-electron chi connectivity index (χ2n) is 7.30. The van der Waals surface area contributed by atoms with Gasteiger partial charge in [0.25, 0.3) is 0 Å². The van der Waals surface area contributed by atoms with Gasteiger partial charge in [0.05, 0.1) is 11.1 Å². The number of amides is 1. The van der Waals surface area contributed by atoms with Gasteiger partial charge in [-0.05, 0) is 55.0 Å². The summed E-state index contributed by atoms with van der Waals surface area (Å²) < 4.78 is 14.8. The second-order valence-corrected chi connectivity index (χ2v) is 9.32. The Morgan fingerprint density at radius 1 is 1.34 bits per heavy atom. The number of carbonyl (C=O) groups is 1. The van der Waals surface area contributed by atoms with Crippen molar-refractivity contribution in [3.63, 3.8) is 0 Å². The van der Waals surface area contributed by atoms with Crippen LogP contribution in [0.4, 0.5) is 10.1 Å². The minimum atomic E-state index is -0.337. The summed E-state index contributed by atoms with van der Waals surface area (Å²) in [6.07, 6.45) is 5.07. The van der Waals surface area contributed by atoms with Crippen LogP contribution < -0.4 is 5.32 Å². The lowest BCUT2D eigenvalue weighted by Crippen LogP contribution is -2.14. The van der Waals surface area contributed by atoms with E-state index in [-0.39, 0.29) is 17.5 Å². The summed E-state index contributed by atoms with van der Waals surface area (Å²) in [7, 11) is 0. The highest BCUT2D eigenvalue weighted by atomic mass is 32.2. The van der Waals surface area contributed by atoms with Gasteiger partial charge >= 0.3 is 0 Å². The molecule has 1 aromatic carbocycles. The number of aromatic nitrogens is 4. The van der Waals surface area contributed by atoms with Crippen molar-refractivity contribution in [1.82, 2.24) is 19.6 Å². The third kappa shape index (κ3) is 3.49. The van der Waals surface area contributed by atoms with Crippen molar-refractivity contribution in [2.24, 2.45) is 5.92 Å². The van der Waals surface area contributed by atoms with E-state index in [4.69, 9.17) is 0 Å². The van der Waals surface area contributed by atoms with Crippen LogP contribution in [-0.2, 0) is 17.6 Å². The van der Waals surface area contributed by atoms with Crippen LogP contribution in [0, 0.1) is 11.7 Å². The van der Waals surface area contributed by atoms with Gasteiger partial charge in [0.1, 0.15) is 17.0 Å². The molecule has 1 N–H and O–H groups in total. The number of halogens is 1. The third-order valence-corrected chi connectivity index (χ3v) is 7.24. The molecular weight excluding hydrogens is 409 g/mol. The number of thioether (sulfide) groups is 1. The van der Waals surface area contributed by atoms with Crippen LogP contribution in [0.15, 0.2) is 35.7 Å². The predicted molar refractivity (Wildman–Crippen MR) is 113 cm³/mol. The monoisotopic (exact) mass is 427 g/mol. The smallest absolute Gasteiger partial charge is 0.234 e. The SMILES string of the molecule is CC1CCc2c(sc3ncn4c(SCC(=O)Nc5ccc(F)cc5)nnc4c23)C1. The van der Waals surface area contributed by atoms with Gasteiger partial charge in [-0.25, -0.2) is 9.37 Å². The summed E-state index contributed by atoms with van der Waals surface area (Å²) in [5.74, 6) is 0.357. The summed E-state index contributed by atoms with van der Waals surface area (Å²) in [6.45, 7) is 2.29. The number of benzene rings is 1. The van der Waals surface area contributed by atoms with Crippen molar-refractivity contribution in [3.8, 4) is 0 Å². The maximum Gasteiger partial charge on any atom is 0.234 e. The summed E-state index contributed by atoms with van der Waals surface area (Å²) in [4.78, 5) is 19.3. The van der Waals surface area contributed by atoms with Crippen molar-refractivity contribution >= 4 is 50.6 Å². The Labute approximate surface area is 174 Å². The first-order chi connectivity index (χ1) is 14.1. The highest BCUT2D eigenvalue weighted by Gasteiger charge is 2.24. The first-order valence-corrected chi connectivity index (χ1v) is 11.2. The van der Waals surface area contributed by atoms with Gasteiger partial charge in [0, 0.05) is 10.6 Å². The van der Waals surface area contributed by atoms with Crippen LogP contribution >= 0.6 is 23.1 Å². The lowest BCUT2D eigenvalue weighted by Gasteiger charge is -2.17. The zero-order chi connectivity index (χ0) is 20.0. The second kappa shape index (κ2) is 7.38. The van der Waals surface area contributed by atoms with Crippen molar-refractivity contribution in [2.45, 2.75) is 31.3 Å². The van der Waals surface area contributed by atoms with Crippen LogP contribution in [0.2, 0.25) is 0 Å². The average molecular weight is 428 g/mol. The zero-order valence-corrected chi connectivity index (χ0v) is 17.3. The number of nitrogens with one attached hydrogen (secondary N) is 1. The molecule has 0 spiro atoms. The lowest BCUT2D eigenvalue weighted by atomic mass is 9.89. The number of hydrogen-bond donors (Lipinski definition) is 1. The zero-order valence-electron chi connectivity index (χ0n) is 15.7. The fourth-order valence-electron chi connectivity index (χ4n) is 3.68. The Kier molecular flexibility index (Phi) is 4.71. The number of nitrogens with zero attached hydrogens (tertiary/aromatic N) is 4. The molecule has 1 aliphatic carbocycles. The van der Waals surface area contributed by atoms with Gasteiger partial charge in [0.2, 0.25) is 5.91 Å². The molecular formula is C20H18FN5OS2. The Morgan fingerprint density at radius 2 is 2.17 bits per heavy atom. The predicted octanol–water partition coefficient (Wildman–Crippen LogP) is 4.33. The minimum absolute atomic E-state index is 0.176. The molecule has 0 bridgehead atoms. The van der Waals surface area contributed by atoms with Gasteiger partial charge in [-0.1, -0.05) is 18.7 Å². The molecule has 4 aromatic rings. The molecule has 5 rings (SSSR count). The average Bonchev–Trinajstić information content (AvgIpc) is 3.28. The number of carbonyl (C=O) groups excluding carboxylic acids is 1. The van der Waals surface area contributed by atoms with Gasteiger partial charge < -0.3 is 5.32 Å². The molecule has 29 heavy (non-hydrogen) atoms. The maximum atomic E-state index is 13.0. The van der Waals surface area contributed by atoms with E-state index >= 15 is 0 Å². The van der Waals surface area contributed by atoms with Crippen LogP contribution in [0.25, 0.3) is 15.9 Å². The summed E-state index contributed by atoms with van der Waals surface area (Å²) in [6, 6.07) is 5.69. The first-order valence-electron chi connectivity index (χ1n) is 9.40. The molecule has 148 valence electrons. The van der Waals surface area contributed by atoms with Crippen LogP contribution in [0.1, 0.15) is 23.8 Å². The van der Waals surface area contributed by atoms with E-state index < -0.39 is 0 Å². The molecule has 1 amide bonds. The van der Waals surface area contributed by atoms with E-state index in [2.05, 4.69) is 27.4 Å². The molecule has 1 atom stereocenters. The summed E-state index contributed by atoms with van der Waals surface area (Å²) >= 11 is 3.06. The van der Waals surface area contributed by atoms with E-state index in [9.17, 15) is 9.18 Å². The molecule has 9 heteroatoms. The Balaban J connectivity index is 1.38. The fraction of sp³-hybridized carbons (Fsp3) is 0.300. The van der Waals surface area contributed by atoms with Crippen molar-refractivity contribution in [1.29, 1.82) is 0 Å². The number of thiophene rings is 1. The largest absolute Gasteiger partial charge is 0.325 e. The Hall–Kier alpha value is -2.52. The van der Waals surface area contributed by atoms with Gasteiger partial charge in [0.15, 0.2) is 10.8 Å². The number of fused-ring (bicyclic) bond motifs is 5. The molecule has 6 nitrogen and oxygen atoms in total. The first kappa shape index (κ1) is 18.5. The minimum Gasteiger partial charge on any atom is -0.325 e. The number of anilines is 1. The highest BCUT2D eigenvalue weighted by Crippen LogP contribution is 2.39. The van der Waals surface area contributed by atoms with E-state index in [1.54, 1.807) is 17.7 Å². The van der Waals surface area contributed by atoms with Gasteiger partial charge in [-0.2, -0.15) is 0 Å². The lowest BCUT2D eigenvalue weighted by molar-refractivity contribution is -0.113. The Bertz CT molecular complexity index is 1220. The molecule has 3 heterocycles. The number of hydrogen-bond acceptors (Lipinski definition) is 6. The molecule has 1 aliphatic rings. The highest BCUT2D eigenvalue weighted by molar-refractivity contribution is 7.99. The van der Waals surface area contributed by atoms with Crippen molar-refractivity contribution in [2.75, 3.05) is 11.1 Å². The van der Waals surface area contributed by atoms with Crippen LogP contribution in [0.5, 0.6) is 0 Å². The molecule has 0 saturated heterocycles. The topological polar surface area (TPSA) is 72.2 Å². The molecule has 0 aliphatic heterocycles.